The molecule has 0 bridgehead atoms. The summed E-state index contributed by atoms with van der Waals surface area (Å²) < 4.78 is 5.12. The third-order valence-corrected chi connectivity index (χ3v) is 2.35. The summed E-state index contributed by atoms with van der Waals surface area (Å²) >= 11 is 0. The van der Waals surface area contributed by atoms with E-state index >= 15 is 0 Å². The number of ether oxygens (including phenoxy) is 1. The molecule has 0 aromatic heterocycles. The topological polar surface area (TPSA) is 74.2 Å². The third kappa shape index (κ3) is 6.43. The van der Waals surface area contributed by atoms with Crippen LogP contribution in [0.4, 0.5) is 5.69 Å². The van der Waals surface area contributed by atoms with Crippen molar-refractivity contribution >= 4 is 11.6 Å². The van der Waals surface area contributed by atoms with E-state index in [4.69, 9.17) is 10.00 Å². The molecule has 0 aliphatic carbocycles. The molecule has 0 heterocycles. The molecule has 0 radical (unpaired) electrons. The number of anilines is 1. The minimum absolute atomic E-state index is 0.0204. The number of nitrogens with one attached hydrogen (secondary N) is 2. The quantitative estimate of drug-likeness (QED) is 0.786. The summed E-state index contributed by atoms with van der Waals surface area (Å²) in [7, 11) is 0. The predicted octanol–water partition coefficient (Wildman–Crippen LogP) is 1.92. The van der Waals surface area contributed by atoms with Crippen LogP contribution in [0.5, 0.6) is 5.75 Å². The zero-order valence-corrected chi connectivity index (χ0v) is 11.3. The maximum Gasteiger partial charge on any atom is 0.225 e. The average Bonchev–Trinajstić information content (AvgIpc) is 2.37. The number of nitriles is 1. The van der Waals surface area contributed by atoms with Crippen LogP contribution in [-0.2, 0) is 4.79 Å². The van der Waals surface area contributed by atoms with Gasteiger partial charge in [0.1, 0.15) is 11.8 Å². The fourth-order valence-electron chi connectivity index (χ4n) is 1.45. The summed E-state index contributed by atoms with van der Waals surface area (Å²) in [5, 5.41) is 14.4. The Balaban J connectivity index is 2.36. The van der Waals surface area contributed by atoms with Gasteiger partial charge >= 0.3 is 0 Å². The molecule has 0 atom stereocenters. The van der Waals surface area contributed by atoms with E-state index in [1.807, 2.05) is 19.9 Å². The van der Waals surface area contributed by atoms with E-state index in [1.165, 1.54) is 0 Å². The summed E-state index contributed by atoms with van der Waals surface area (Å²) in [6.07, 6.45) is 0.435. The Morgan fingerprint density at radius 2 is 2.05 bits per heavy atom. The van der Waals surface area contributed by atoms with Crippen LogP contribution in [0, 0.1) is 11.3 Å². The number of hydrogen-bond donors (Lipinski definition) is 2. The van der Waals surface area contributed by atoms with Gasteiger partial charge in [-0.25, -0.2) is 0 Å². The van der Waals surface area contributed by atoms with E-state index in [1.54, 1.807) is 24.3 Å². The highest BCUT2D eigenvalue weighted by molar-refractivity contribution is 5.90. The number of amides is 1. The van der Waals surface area contributed by atoms with E-state index in [-0.39, 0.29) is 12.5 Å². The van der Waals surface area contributed by atoms with Crippen LogP contribution < -0.4 is 15.4 Å². The van der Waals surface area contributed by atoms with Crippen LogP contribution in [0.15, 0.2) is 24.3 Å². The van der Waals surface area contributed by atoms with Crippen LogP contribution in [0.3, 0.4) is 0 Å². The van der Waals surface area contributed by atoms with Crippen molar-refractivity contribution in [3.8, 4) is 11.8 Å². The Hall–Kier alpha value is -2.06. The molecule has 0 aliphatic rings. The summed E-state index contributed by atoms with van der Waals surface area (Å²) in [6.45, 7) is 4.76. The zero-order chi connectivity index (χ0) is 14.1. The van der Waals surface area contributed by atoms with E-state index < -0.39 is 0 Å². The van der Waals surface area contributed by atoms with Gasteiger partial charge in [0.2, 0.25) is 5.91 Å². The van der Waals surface area contributed by atoms with Crippen molar-refractivity contribution in [2.75, 3.05) is 18.5 Å². The monoisotopic (exact) mass is 261 g/mol. The van der Waals surface area contributed by atoms with Crippen LogP contribution in [0.1, 0.15) is 20.3 Å². The molecule has 2 N–H and O–H groups in total. The zero-order valence-electron chi connectivity index (χ0n) is 11.3. The van der Waals surface area contributed by atoms with Crippen molar-refractivity contribution in [1.29, 1.82) is 5.26 Å². The fourth-order valence-corrected chi connectivity index (χ4v) is 1.45. The molecule has 1 aromatic carbocycles. The maximum atomic E-state index is 11.6. The smallest absolute Gasteiger partial charge is 0.225 e. The van der Waals surface area contributed by atoms with Crippen LogP contribution in [0.25, 0.3) is 0 Å². The Morgan fingerprint density at radius 1 is 1.37 bits per heavy atom. The lowest BCUT2D eigenvalue weighted by Gasteiger charge is -2.09. The minimum atomic E-state index is -0.0288. The van der Waals surface area contributed by atoms with Gasteiger partial charge in [-0.3, -0.25) is 4.79 Å². The number of nitrogens with zero attached hydrogens (tertiary/aromatic N) is 1. The summed E-state index contributed by atoms with van der Waals surface area (Å²) in [5.74, 6) is 0.583. The Labute approximate surface area is 113 Å². The highest BCUT2D eigenvalue weighted by atomic mass is 16.5. The normalized spacial score (nSPS) is 10.0. The van der Waals surface area contributed by atoms with Crippen molar-refractivity contribution in [3.63, 3.8) is 0 Å². The van der Waals surface area contributed by atoms with Gasteiger partial charge in [0.05, 0.1) is 0 Å². The lowest BCUT2D eigenvalue weighted by Crippen LogP contribution is -2.27. The van der Waals surface area contributed by atoms with Gasteiger partial charge in [0.15, 0.2) is 6.61 Å². The second-order valence-corrected chi connectivity index (χ2v) is 4.38. The van der Waals surface area contributed by atoms with E-state index in [2.05, 4.69) is 10.6 Å². The Bertz CT molecular complexity index is 435. The molecule has 1 amide bonds. The number of carbonyl (C=O) groups excluding carboxylic acids is 1. The van der Waals surface area contributed by atoms with Crippen LogP contribution in [-0.4, -0.2) is 25.1 Å². The van der Waals surface area contributed by atoms with Gasteiger partial charge in [0.25, 0.3) is 0 Å². The van der Waals surface area contributed by atoms with Gasteiger partial charge in [-0.2, -0.15) is 5.26 Å². The van der Waals surface area contributed by atoms with Gasteiger partial charge < -0.3 is 15.4 Å². The molecular formula is C14H19N3O2. The van der Waals surface area contributed by atoms with Crippen LogP contribution >= 0.6 is 0 Å². The number of hydrogen-bond acceptors (Lipinski definition) is 4. The van der Waals surface area contributed by atoms with E-state index in [0.717, 1.165) is 5.69 Å². The average molecular weight is 261 g/mol. The predicted molar refractivity (Wildman–Crippen MR) is 73.9 cm³/mol. The standard InChI is InChI=1S/C14H19N3O2/c1-11(2)16-9-7-14(18)17-12-3-5-13(6-4-12)19-10-8-15/h3-6,11,16H,7,9-10H2,1-2H3,(H,17,18). The highest BCUT2D eigenvalue weighted by Crippen LogP contribution is 2.15. The molecule has 5 nitrogen and oxygen atoms in total. The molecule has 0 spiro atoms. The molecule has 0 unspecified atom stereocenters. The SMILES string of the molecule is CC(C)NCCC(=O)Nc1ccc(OCC#N)cc1. The lowest BCUT2D eigenvalue weighted by atomic mass is 10.3. The largest absolute Gasteiger partial charge is 0.479 e. The van der Waals surface area contributed by atoms with E-state index in [0.29, 0.717) is 24.8 Å². The van der Waals surface area contributed by atoms with Gasteiger partial charge in [-0.15, -0.1) is 0 Å². The molecule has 102 valence electrons. The molecule has 0 saturated carbocycles. The molecule has 0 fully saturated rings. The van der Waals surface area contributed by atoms with Crippen molar-refractivity contribution in [2.24, 2.45) is 0 Å². The molecule has 5 heteroatoms. The van der Waals surface area contributed by atoms with Crippen molar-refractivity contribution in [2.45, 2.75) is 26.3 Å². The fraction of sp³-hybridized carbons (Fsp3) is 0.429. The lowest BCUT2D eigenvalue weighted by molar-refractivity contribution is -0.116. The molecule has 0 saturated heterocycles. The molecule has 1 rings (SSSR count). The first kappa shape index (κ1) is 15.0. The summed E-state index contributed by atoms with van der Waals surface area (Å²) in [5.41, 5.74) is 0.721. The van der Waals surface area contributed by atoms with E-state index in [9.17, 15) is 4.79 Å². The van der Waals surface area contributed by atoms with Crippen molar-refractivity contribution < 1.29 is 9.53 Å². The van der Waals surface area contributed by atoms with Gasteiger partial charge in [-0.05, 0) is 24.3 Å². The Kier molecular flexibility index (Phi) is 6.41. The van der Waals surface area contributed by atoms with Gasteiger partial charge in [-0.1, -0.05) is 13.8 Å². The first-order valence-electron chi connectivity index (χ1n) is 6.25. The third-order valence-electron chi connectivity index (χ3n) is 2.35. The minimum Gasteiger partial charge on any atom is -0.479 e. The summed E-state index contributed by atoms with van der Waals surface area (Å²) in [4.78, 5) is 11.6. The Morgan fingerprint density at radius 3 is 2.63 bits per heavy atom. The van der Waals surface area contributed by atoms with Gasteiger partial charge in [0, 0.05) is 24.7 Å². The highest BCUT2D eigenvalue weighted by Gasteiger charge is 2.03. The van der Waals surface area contributed by atoms with Crippen molar-refractivity contribution in [1.82, 2.24) is 5.32 Å². The molecule has 0 aliphatic heterocycles. The number of benzene rings is 1. The first-order valence-corrected chi connectivity index (χ1v) is 6.25. The second kappa shape index (κ2) is 8.11. The molecular weight excluding hydrogens is 242 g/mol. The number of carbonyl (C=O) groups is 1. The maximum absolute atomic E-state index is 11.6. The van der Waals surface area contributed by atoms with Crippen LogP contribution in [0.2, 0.25) is 0 Å². The summed E-state index contributed by atoms with van der Waals surface area (Å²) in [6, 6.07) is 9.22. The number of rotatable bonds is 7. The molecule has 19 heavy (non-hydrogen) atoms. The first-order chi connectivity index (χ1) is 9.11. The second-order valence-electron chi connectivity index (χ2n) is 4.38. The molecule has 1 aromatic rings. The van der Waals surface area contributed by atoms with Crippen molar-refractivity contribution in [3.05, 3.63) is 24.3 Å².